The largest absolute Gasteiger partial charge is 0.504 e. The number of aromatic hydroxyl groups is 1. The van der Waals surface area contributed by atoms with Crippen LogP contribution in [0.15, 0.2) is 91.9 Å². The summed E-state index contributed by atoms with van der Waals surface area (Å²) >= 11 is 0.553. The quantitative estimate of drug-likeness (QED) is 0.0118. The molecule has 0 atom stereocenters. The summed E-state index contributed by atoms with van der Waals surface area (Å²) in [5, 5.41) is 46.5. The average molecular weight is 650 g/mol. The fraction of sp³-hybridized carbons (Fsp3) is 0. The molecule has 0 aliphatic rings. The minimum absolute atomic E-state index is 0.0558. The molecule has 0 saturated carbocycles. The molecule has 0 spiro atoms. The van der Waals surface area contributed by atoms with Crippen LogP contribution in [0.3, 0.4) is 0 Å². The smallest absolute Gasteiger partial charge is 0.337 e. The number of nitrogens with one attached hydrogen (secondary N) is 2. The summed E-state index contributed by atoms with van der Waals surface area (Å²) in [6.45, 7) is 0. The number of phenolic OH excluding ortho intramolecular Hbond substituents is 1. The van der Waals surface area contributed by atoms with E-state index >= 15 is 0 Å². The lowest BCUT2D eigenvalue weighted by Gasteiger charge is -2.11. The molecule has 1 aromatic heterocycles. The Hall–Kier alpha value is -5.12. The molecule has 0 bridgehead atoms. The molecule has 44 heavy (non-hydrogen) atoms. The number of benzene rings is 3. The number of carbonyl (C=O) groups is 1. The van der Waals surface area contributed by atoms with E-state index < -0.39 is 56.0 Å². The molecule has 16 nitrogen and oxygen atoms in total. The van der Waals surface area contributed by atoms with Gasteiger partial charge in [-0.2, -0.15) is 32.3 Å². The van der Waals surface area contributed by atoms with Crippen molar-refractivity contribution in [2.45, 2.75) is 9.79 Å². The number of phenols is 1. The van der Waals surface area contributed by atoms with Crippen molar-refractivity contribution in [1.29, 1.82) is 0 Å². The number of carboxylic acids is 1. The number of amidine groups is 1. The normalized spacial score (nSPS) is 12.0. The Bertz CT molecular complexity index is 1840. The summed E-state index contributed by atoms with van der Waals surface area (Å²) in [6.07, 6.45) is -1.46. The van der Waals surface area contributed by atoms with Crippen molar-refractivity contribution in [3.05, 3.63) is 89.9 Å². The van der Waals surface area contributed by atoms with E-state index in [0.29, 0.717) is 28.6 Å². The van der Waals surface area contributed by atoms with Crippen LogP contribution < -0.4 is 10.7 Å². The number of aromatic nitrogens is 2. The van der Waals surface area contributed by atoms with Gasteiger partial charge in [0.15, 0.2) is 5.75 Å². The Morgan fingerprint density at radius 3 is 2.41 bits per heavy atom. The van der Waals surface area contributed by atoms with Crippen LogP contribution in [0.4, 0.5) is 31.7 Å². The summed E-state index contributed by atoms with van der Waals surface area (Å²) in [7, 11) is -4.90. The van der Waals surface area contributed by atoms with Crippen molar-refractivity contribution in [1.82, 2.24) is 9.97 Å². The van der Waals surface area contributed by atoms with Crippen LogP contribution in [0.1, 0.15) is 15.9 Å². The molecule has 0 aliphatic carbocycles. The number of hydrogen-bond donors (Lipinski definition) is 6. The zero-order chi connectivity index (χ0) is 31.9. The number of aromatic carboxylic acids is 1. The first kappa shape index (κ1) is 31.8. The number of rotatable bonds is 11. The summed E-state index contributed by atoms with van der Waals surface area (Å²) < 4.78 is 64.9. The first-order chi connectivity index (χ1) is 20.9. The minimum Gasteiger partial charge on any atom is -0.504 e. The lowest BCUT2D eigenvalue weighted by atomic mass is 10.2. The van der Waals surface area contributed by atoms with E-state index in [-0.39, 0.29) is 17.1 Å². The van der Waals surface area contributed by atoms with Crippen LogP contribution in [0.25, 0.3) is 0 Å². The molecular formula is C24H17F2N7O9S2. The first-order valence-electron chi connectivity index (χ1n) is 11.6. The van der Waals surface area contributed by atoms with Crippen molar-refractivity contribution in [2.75, 3.05) is 10.7 Å². The van der Waals surface area contributed by atoms with Gasteiger partial charge in [-0.1, -0.05) is 35.4 Å². The maximum atomic E-state index is 13.6. The highest BCUT2D eigenvalue weighted by molar-refractivity contribution is 7.94. The van der Waals surface area contributed by atoms with Crippen LogP contribution in [0.5, 0.6) is 5.75 Å². The number of nitrogens with zero attached hydrogens (tertiary/aromatic N) is 5. The van der Waals surface area contributed by atoms with E-state index in [4.69, 9.17) is 5.26 Å². The molecular weight excluding hydrogens is 632 g/mol. The zero-order valence-corrected chi connectivity index (χ0v) is 23.1. The van der Waals surface area contributed by atoms with Gasteiger partial charge in [0.25, 0.3) is 10.1 Å². The molecule has 228 valence electrons. The first-order valence-corrected chi connectivity index (χ1v) is 13.8. The third-order valence-electron chi connectivity index (χ3n) is 5.24. The van der Waals surface area contributed by atoms with E-state index in [0.717, 1.165) is 12.1 Å². The molecule has 0 saturated heterocycles. The van der Waals surface area contributed by atoms with Gasteiger partial charge in [0, 0.05) is 16.5 Å². The van der Waals surface area contributed by atoms with Crippen LogP contribution >= 0.6 is 12.0 Å². The summed E-state index contributed by atoms with van der Waals surface area (Å²) in [5.74, 6) is -4.09. The third kappa shape index (κ3) is 8.25. The van der Waals surface area contributed by atoms with Crippen molar-refractivity contribution in [3.63, 3.8) is 0 Å². The second-order valence-electron chi connectivity index (χ2n) is 8.14. The Balaban J connectivity index is 1.77. The van der Waals surface area contributed by atoms with Gasteiger partial charge in [0.05, 0.1) is 33.9 Å². The fourth-order valence-corrected chi connectivity index (χ4v) is 4.29. The van der Waals surface area contributed by atoms with Gasteiger partial charge in [-0.3, -0.25) is 9.98 Å². The van der Waals surface area contributed by atoms with Gasteiger partial charge in [-0.25, -0.2) is 10.1 Å². The Kier molecular flexibility index (Phi) is 10.0. The molecule has 20 heteroatoms. The van der Waals surface area contributed by atoms with Gasteiger partial charge < -0.3 is 15.5 Å². The standard InChI is InChI=1S/C24H17F2N7O9S2/c25-19-11-20(29-24(26)28-19)27-17-9-14(44(38,39)40)10-18(21(17)34)31-33-22(12-4-2-1-3-5-12)32-30-16-8-13(43-42-41-37)6-7-15(16)23(35)36/h1-11,30,34,37H,(H,35,36)(H,27,28,29)(H,38,39,40). The van der Waals surface area contributed by atoms with Crippen LogP contribution in [0, 0.1) is 12.0 Å². The lowest BCUT2D eigenvalue weighted by Crippen LogP contribution is -2.06. The summed E-state index contributed by atoms with van der Waals surface area (Å²) in [6, 6.07) is 14.0. The molecule has 6 N–H and O–H groups in total. The molecule has 0 aliphatic heterocycles. The molecule has 0 amide bonds. The van der Waals surface area contributed by atoms with Crippen molar-refractivity contribution >= 4 is 56.8 Å². The second-order valence-corrected chi connectivity index (χ2v) is 10.3. The highest BCUT2D eigenvalue weighted by Crippen LogP contribution is 2.39. The number of hydrazone groups is 1. The van der Waals surface area contributed by atoms with E-state index in [2.05, 4.69) is 45.4 Å². The number of carboxylic acid groups (broad SMARTS) is 1. The van der Waals surface area contributed by atoms with Gasteiger partial charge in [0.1, 0.15) is 11.5 Å². The Morgan fingerprint density at radius 2 is 1.75 bits per heavy atom. The molecule has 4 aromatic rings. The average Bonchev–Trinajstić information content (AvgIpc) is 2.97. The Morgan fingerprint density at radius 1 is 1.00 bits per heavy atom. The van der Waals surface area contributed by atoms with Gasteiger partial charge >= 0.3 is 12.0 Å². The topological polar surface area (TPSA) is 238 Å². The van der Waals surface area contributed by atoms with E-state index in [1.165, 1.54) is 18.2 Å². The van der Waals surface area contributed by atoms with Crippen LogP contribution in [-0.2, 0) is 19.5 Å². The maximum absolute atomic E-state index is 13.6. The van der Waals surface area contributed by atoms with Crippen LogP contribution in [-0.4, -0.2) is 50.2 Å². The Labute approximate surface area is 249 Å². The van der Waals surface area contributed by atoms with E-state index in [1.54, 1.807) is 30.3 Å². The highest BCUT2D eigenvalue weighted by atomic mass is 32.2. The van der Waals surface area contributed by atoms with Gasteiger partial charge in [-0.05, 0) is 30.3 Å². The summed E-state index contributed by atoms with van der Waals surface area (Å²) in [5.41, 5.74) is 1.54. The van der Waals surface area contributed by atoms with Gasteiger partial charge in [0.2, 0.25) is 11.8 Å². The molecule has 0 unspecified atom stereocenters. The molecule has 4 rings (SSSR count). The lowest BCUT2D eigenvalue weighted by molar-refractivity contribution is -0.432. The van der Waals surface area contributed by atoms with Crippen LogP contribution in [0.2, 0.25) is 0 Å². The van der Waals surface area contributed by atoms with Gasteiger partial charge in [-0.15, -0.1) is 14.6 Å². The number of hydrogen-bond acceptors (Lipinski definition) is 14. The molecule has 3 aromatic carbocycles. The number of halogens is 2. The third-order valence-corrected chi connectivity index (χ3v) is 6.65. The predicted molar refractivity (Wildman–Crippen MR) is 148 cm³/mol. The van der Waals surface area contributed by atoms with Crippen molar-refractivity contribution < 1.29 is 51.4 Å². The predicted octanol–water partition coefficient (Wildman–Crippen LogP) is 5.13. The number of azo groups is 1. The van der Waals surface area contributed by atoms with E-state index in [9.17, 15) is 36.8 Å². The highest BCUT2D eigenvalue weighted by Gasteiger charge is 2.19. The number of anilines is 3. The van der Waals surface area contributed by atoms with E-state index in [1.807, 2.05) is 0 Å². The molecule has 0 radical (unpaired) electrons. The second kappa shape index (κ2) is 13.9. The molecule has 0 fully saturated rings. The fourth-order valence-electron chi connectivity index (χ4n) is 3.36. The monoisotopic (exact) mass is 649 g/mol. The SMILES string of the molecule is O=C(O)c1ccc(SOOO)cc1NN=C(N=Nc1cc(S(=O)(=O)O)cc(Nc2cc(F)nc(F)n2)c1O)c1ccccc1. The minimum atomic E-state index is -4.90. The maximum Gasteiger partial charge on any atom is 0.337 e. The summed E-state index contributed by atoms with van der Waals surface area (Å²) in [4.78, 5) is 17.4. The molecule has 1 heterocycles. The van der Waals surface area contributed by atoms with Crippen molar-refractivity contribution in [2.24, 2.45) is 15.3 Å². The van der Waals surface area contributed by atoms with Crippen molar-refractivity contribution in [3.8, 4) is 5.75 Å². The zero-order valence-electron chi connectivity index (χ0n) is 21.5.